The molecule has 1 heterocycles. The van der Waals surface area contributed by atoms with Crippen LogP contribution in [-0.4, -0.2) is 11.1 Å². The molecule has 1 aliphatic heterocycles. The highest BCUT2D eigenvalue weighted by Gasteiger charge is 2.24. The lowest BCUT2D eigenvalue weighted by molar-refractivity contribution is 0.483. The van der Waals surface area contributed by atoms with E-state index in [9.17, 15) is 0 Å². The Hall–Kier alpha value is -0.140. The molecule has 0 radical (unpaired) electrons. The minimum absolute atomic E-state index is 0.707. The summed E-state index contributed by atoms with van der Waals surface area (Å²) >= 11 is 8.07. The largest absolute Gasteiger partial charge is 0.126 e. The normalized spacial score (nSPS) is 20.8. The van der Waals surface area contributed by atoms with Crippen LogP contribution in [0.15, 0.2) is 29.2 Å². The summed E-state index contributed by atoms with van der Waals surface area (Å²) in [5.41, 5.74) is 1.53. The van der Waals surface area contributed by atoms with E-state index in [1.807, 2.05) is 11.8 Å². The first-order valence-corrected chi connectivity index (χ1v) is 7.55. The van der Waals surface area contributed by atoms with Gasteiger partial charge in [-0.2, -0.15) is 0 Å². The second-order valence-corrected chi connectivity index (χ2v) is 6.25. The highest BCUT2D eigenvalue weighted by Crippen LogP contribution is 2.40. The average molecular weight is 255 g/mol. The van der Waals surface area contributed by atoms with Gasteiger partial charge in [-0.15, -0.1) is 23.4 Å². The molecule has 0 spiro atoms. The van der Waals surface area contributed by atoms with Gasteiger partial charge in [0.1, 0.15) is 0 Å². The summed E-state index contributed by atoms with van der Waals surface area (Å²) in [5.74, 6) is 1.53. The molecule has 1 aliphatic rings. The van der Waals surface area contributed by atoms with E-state index >= 15 is 0 Å². The minimum atomic E-state index is 0.707. The summed E-state index contributed by atoms with van der Waals surface area (Å²) in [6.07, 6.45) is 5.03. The maximum atomic E-state index is 6.03. The summed E-state index contributed by atoms with van der Waals surface area (Å²) in [4.78, 5) is 1.48. The zero-order valence-corrected chi connectivity index (χ0v) is 11.4. The zero-order chi connectivity index (χ0) is 11.4. The van der Waals surface area contributed by atoms with Crippen molar-refractivity contribution in [3.05, 3.63) is 29.8 Å². The Kier molecular flexibility index (Phi) is 4.60. The van der Waals surface area contributed by atoms with Crippen molar-refractivity contribution >= 4 is 23.4 Å². The van der Waals surface area contributed by atoms with Crippen molar-refractivity contribution in [3.8, 4) is 0 Å². The number of hydrogen-bond donors (Lipinski definition) is 0. The molecule has 0 bridgehead atoms. The van der Waals surface area contributed by atoms with Crippen molar-refractivity contribution < 1.29 is 0 Å². The highest BCUT2D eigenvalue weighted by molar-refractivity contribution is 8.00. The summed E-state index contributed by atoms with van der Waals surface area (Å²) < 4.78 is 0. The van der Waals surface area contributed by atoms with Gasteiger partial charge in [0.15, 0.2) is 0 Å². The van der Waals surface area contributed by atoms with Gasteiger partial charge < -0.3 is 0 Å². The summed E-state index contributed by atoms with van der Waals surface area (Å²) in [6, 6.07) is 8.79. The Labute approximate surface area is 108 Å². The number of rotatable bonds is 5. The van der Waals surface area contributed by atoms with Crippen LogP contribution < -0.4 is 0 Å². The van der Waals surface area contributed by atoms with Gasteiger partial charge in [0.25, 0.3) is 0 Å². The van der Waals surface area contributed by atoms with Gasteiger partial charge in [-0.25, -0.2) is 0 Å². The van der Waals surface area contributed by atoms with Crippen LogP contribution in [0.4, 0.5) is 0 Å². The first-order valence-electron chi connectivity index (χ1n) is 6.14. The molecule has 1 aromatic carbocycles. The van der Waals surface area contributed by atoms with Crippen molar-refractivity contribution in [1.29, 1.82) is 0 Å². The Morgan fingerprint density at radius 2 is 2.25 bits per heavy atom. The number of halogens is 1. The minimum Gasteiger partial charge on any atom is -0.126 e. The summed E-state index contributed by atoms with van der Waals surface area (Å²) in [5, 5.41) is 0.757. The lowest BCUT2D eigenvalue weighted by Crippen LogP contribution is -2.11. The highest BCUT2D eigenvalue weighted by atomic mass is 35.5. The van der Waals surface area contributed by atoms with Crippen molar-refractivity contribution in [1.82, 2.24) is 0 Å². The predicted molar refractivity (Wildman–Crippen MR) is 73.5 cm³/mol. The molecule has 0 N–H and O–H groups in total. The number of hydrogen-bond acceptors (Lipinski definition) is 1. The third kappa shape index (κ3) is 2.95. The standard InChI is InChI=1S/C14H19ClS/c1-2-5-11(10-15)8-13-9-12-6-3-4-7-14(12)16-13/h3-4,6-7,11,13H,2,5,8-10H2,1H3. The SMILES string of the molecule is CCCC(CCl)CC1Cc2ccccc2S1. The van der Waals surface area contributed by atoms with Crippen LogP contribution >= 0.6 is 23.4 Å². The Balaban J connectivity index is 1.91. The van der Waals surface area contributed by atoms with E-state index in [-0.39, 0.29) is 0 Å². The van der Waals surface area contributed by atoms with E-state index in [4.69, 9.17) is 11.6 Å². The van der Waals surface area contributed by atoms with Crippen LogP contribution in [-0.2, 0) is 6.42 Å². The molecule has 16 heavy (non-hydrogen) atoms. The van der Waals surface area contributed by atoms with Gasteiger partial charge >= 0.3 is 0 Å². The first-order chi connectivity index (χ1) is 7.83. The Morgan fingerprint density at radius 3 is 2.94 bits per heavy atom. The molecule has 0 fully saturated rings. The number of alkyl halides is 1. The van der Waals surface area contributed by atoms with Gasteiger partial charge in [0.05, 0.1) is 0 Å². The van der Waals surface area contributed by atoms with Crippen LogP contribution in [0.1, 0.15) is 31.7 Å². The Morgan fingerprint density at radius 1 is 1.44 bits per heavy atom. The van der Waals surface area contributed by atoms with E-state index in [0.29, 0.717) is 5.92 Å². The monoisotopic (exact) mass is 254 g/mol. The second-order valence-electron chi connectivity index (χ2n) is 4.60. The molecule has 0 amide bonds. The molecule has 2 heteroatoms. The quantitative estimate of drug-likeness (QED) is 0.684. The molecule has 1 aromatic rings. The number of fused-ring (bicyclic) bond motifs is 1. The lowest BCUT2D eigenvalue weighted by atomic mass is 9.97. The maximum absolute atomic E-state index is 6.03. The molecule has 0 saturated heterocycles. The van der Waals surface area contributed by atoms with Crippen LogP contribution in [0.5, 0.6) is 0 Å². The van der Waals surface area contributed by atoms with Crippen molar-refractivity contribution in [2.75, 3.05) is 5.88 Å². The zero-order valence-electron chi connectivity index (χ0n) is 9.79. The average Bonchev–Trinajstić information content (AvgIpc) is 2.70. The maximum Gasteiger partial charge on any atom is 0.0252 e. The van der Waals surface area contributed by atoms with E-state index in [2.05, 4.69) is 31.2 Å². The van der Waals surface area contributed by atoms with Gasteiger partial charge in [0, 0.05) is 16.0 Å². The van der Waals surface area contributed by atoms with Crippen LogP contribution in [0.3, 0.4) is 0 Å². The topological polar surface area (TPSA) is 0 Å². The molecule has 88 valence electrons. The van der Waals surface area contributed by atoms with E-state index in [0.717, 1.165) is 11.1 Å². The molecule has 2 atom stereocenters. The molecular formula is C14H19ClS. The van der Waals surface area contributed by atoms with Crippen LogP contribution in [0.2, 0.25) is 0 Å². The third-order valence-corrected chi connectivity index (χ3v) is 5.01. The fraction of sp³-hybridized carbons (Fsp3) is 0.571. The van der Waals surface area contributed by atoms with Gasteiger partial charge in [-0.05, 0) is 36.8 Å². The summed E-state index contributed by atoms with van der Waals surface area (Å²) in [6.45, 7) is 2.25. The van der Waals surface area contributed by atoms with Crippen LogP contribution in [0.25, 0.3) is 0 Å². The van der Waals surface area contributed by atoms with E-state index < -0.39 is 0 Å². The molecule has 0 aromatic heterocycles. The first kappa shape index (κ1) is 12.3. The molecule has 0 nitrogen and oxygen atoms in total. The number of benzene rings is 1. The summed E-state index contributed by atoms with van der Waals surface area (Å²) in [7, 11) is 0. The number of thioether (sulfide) groups is 1. The lowest BCUT2D eigenvalue weighted by Gasteiger charge is -2.16. The van der Waals surface area contributed by atoms with Crippen molar-refractivity contribution in [2.24, 2.45) is 5.92 Å². The molecule has 0 saturated carbocycles. The van der Waals surface area contributed by atoms with Crippen molar-refractivity contribution in [2.45, 2.75) is 42.8 Å². The fourth-order valence-corrected chi connectivity index (χ4v) is 4.15. The molecule has 0 aliphatic carbocycles. The predicted octanol–water partition coefficient (Wildman–Crippen LogP) is 4.75. The van der Waals surface area contributed by atoms with Gasteiger partial charge in [-0.3, -0.25) is 0 Å². The second kappa shape index (κ2) is 5.97. The fourth-order valence-electron chi connectivity index (χ4n) is 2.42. The van der Waals surface area contributed by atoms with Crippen molar-refractivity contribution in [3.63, 3.8) is 0 Å². The van der Waals surface area contributed by atoms with E-state index in [1.165, 1.54) is 36.1 Å². The van der Waals surface area contributed by atoms with Crippen LogP contribution in [0, 0.1) is 5.92 Å². The Bertz CT molecular complexity index is 312. The van der Waals surface area contributed by atoms with Gasteiger partial charge in [-0.1, -0.05) is 31.5 Å². The molecular weight excluding hydrogens is 236 g/mol. The third-order valence-electron chi connectivity index (χ3n) is 3.23. The molecule has 2 unspecified atom stereocenters. The smallest absolute Gasteiger partial charge is 0.0252 e. The van der Waals surface area contributed by atoms with Gasteiger partial charge in [0.2, 0.25) is 0 Å². The van der Waals surface area contributed by atoms with E-state index in [1.54, 1.807) is 0 Å². The molecule has 2 rings (SSSR count).